The SMILES string of the molecule is COCC(CNc1ccc2ncccc2c1[N+](=O)[O-])OC. The molecule has 7 heteroatoms. The molecule has 0 aliphatic heterocycles. The number of aromatic nitrogens is 1. The van der Waals surface area contributed by atoms with Gasteiger partial charge in [0.05, 0.1) is 28.5 Å². The third-order valence-corrected chi connectivity index (χ3v) is 3.15. The van der Waals surface area contributed by atoms with E-state index in [1.807, 2.05) is 0 Å². The number of benzene rings is 1. The number of nitro groups is 1. The number of nitro benzene ring substituents is 1. The van der Waals surface area contributed by atoms with E-state index < -0.39 is 4.92 Å². The second-order valence-corrected chi connectivity index (χ2v) is 4.48. The highest BCUT2D eigenvalue weighted by atomic mass is 16.6. The van der Waals surface area contributed by atoms with Crippen LogP contribution in [-0.2, 0) is 9.47 Å². The molecule has 7 nitrogen and oxygen atoms in total. The van der Waals surface area contributed by atoms with Crippen LogP contribution in [0.1, 0.15) is 0 Å². The molecule has 0 saturated carbocycles. The highest BCUT2D eigenvalue weighted by molar-refractivity contribution is 5.94. The molecular weight excluding hydrogens is 274 g/mol. The van der Waals surface area contributed by atoms with Crippen molar-refractivity contribution >= 4 is 22.3 Å². The minimum Gasteiger partial charge on any atom is -0.382 e. The van der Waals surface area contributed by atoms with E-state index in [1.165, 1.54) is 0 Å². The maximum Gasteiger partial charge on any atom is 0.301 e. The first-order valence-corrected chi connectivity index (χ1v) is 6.45. The molecule has 0 bridgehead atoms. The van der Waals surface area contributed by atoms with Crippen molar-refractivity contribution < 1.29 is 14.4 Å². The molecule has 0 aliphatic rings. The third-order valence-electron chi connectivity index (χ3n) is 3.15. The van der Waals surface area contributed by atoms with Crippen molar-refractivity contribution in [3.63, 3.8) is 0 Å². The molecule has 0 saturated heterocycles. The lowest BCUT2D eigenvalue weighted by Crippen LogP contribution is -2.26. The number of methoxy groups -OCH3 is 2. The van der Waals surface area contributed by atoms with Crippen LogP contribution in [0.15, 0.2) is 30.5 Å². The minimum absolute atomic E-state index is 0.0212. The van der Waals surface area contributed by atoms with E-state index in [2.05, 4.69) is 10.3 Å². The molecule has 0 spiro atoms. The van der Waals surface area contributed by atoms with Gasteiger partial charge in [-0.1, -0.05) is 0 Å². The summed E-state index contributed by atoms with van der Waals surface area (Å²) in [6, 6.07) is 6.78. The van der Waals surface area contributed by atoms with E-state index in [9.17, 15) is 10.1 Å². The van der Waals surface area contributed by atoms with Crippen molar-refractivity contribution in [2.24, 2.45) is 0 Å². The summed E-state index contributed by atoms with van der Waals surface area (Å²) in [5.74, 6) is 0. The molecule has 1 aromatic carbocycles. The fourth-order valence-corrected chi connectivity index (χ4v) is 2.10. The first-order valence-electron chi connectivity index (χ1n) is 6.45. The first kappa shape index (κ1) is 15.1. The molecule has 112 valence electrons. The van der Waals surface area contributed by atoms with Crippen LogP contribution >= 0.6 is 0 Å². The number of hydrogen-bond donors (Lipinski definition) is 1. The van der Waals surface area contributed by atoms with Crippen LogP contribution in [0.4, 0.5) is 11.4 Å². The van der Waals surface area contributed by atoms with Gasteiger partial charge in [0.15, 0.2) is 0 Å². The quantitative estimate of drug-likeness (QED) is 0.621. The number of rotatable bonds is 7. The van der Waals surface area contributed by atoms with Crippen molar-refractivity contribution in [3.05, 3.63) is 40.6 Å². The summed E-state index contributed by atoms with van der Waals surface area (Å²) < 4.78 is 10.3. The summed E-state index contributed by atoms with van der Waals surface area (Å²) in [5.41, 5.74) is 1.06. The molecular formula is C14H17N3O4. The Morgan fingerprint density at radius 2 is 2.19 bits per heavy atom. The second-order valence-electron chi connectivity index (χ2n) is 4.48. The molecule has 0 radical (unpaired) electrons. The van der Waals surface area contributed by atoms with E-state index in [4.69, 9.17) is 9.47 Å². The van der Waals surface area contributed by atoms with Crippen LogP contribution < -0.4 is 5.32 Å². The normalized spacial score (nSPS) is 12.3. The lowest BCUT2D eigenvalue weighted by Gasteiger charge is -2.16. The molecule has 2 aromatic rings. The van der Waals surface area contributed by atoms with Gasteiger partial charge in [-0.15, -0.1) is 0 Å². The summed E-state index contributed by atoms with van der Waals surface area (Å²) in [6.07, 6.45) is 1.43. The monoisotopic (exact) mass is 291 g/mol. The maximum atomic E-state index is 11.4. The van der Waals surface area contributed by atoms with Crippen molar-refractivity contribution in [1.29, 1.82) is 0 Å². The summed E-state index contributed by atoms with van der Waals surface area (Å²) in [5, 5.41) is 14.9. The van der Waals surface area contributed by atoms with Crippen molar-refractivity contribution in [3.8, 4) is 0 Å². The fraction of sp³-hybridized carbons (Fsp3) is 0.357. The Hall–Kier alpha value is -2.25. The zero-order valence-corrected chi connectivity index (χ0v) is 11.9. The molecule has 1 atom stereocenters. The molecule has 1 aromatic heterocycles. The van der Waals surface area contributed by atoms with E-state index in [0.717, 1.165) is 0 Å². The zero-order valence-electron chi connectivity index (χ0n) is 11.9. The number of hydrogen-bond acceptors (Lipinski definition) is 6. The van der Waals surface area contributed by atoms with E-state index in [0.29, 0.717) is 29.7 Å². The minimum atomic E-state index is -0.398. The van der Waals surface area contributed by atoms with Gasteiger partial charge in [0.2, 0.25) is 0 Å². The predicted molar refractivity (Wildman–Crippen MR) is 79.6 cm³/mol. The van der Waals surface area contributed by atoms with Crippen molar-refractivity contribution in [2.75, 3.05) is 32.7 Å². The number of nitrogens with zero attached hydrogens (tertiary/aromatic N) is 2. The van der Waals surface area contributed by atoms with Gasteiger partial charge in [0, 0.05) is 27.0 Å². The van der Waals surface area contributed by atoms with Crippen LogP contribution in [0.25, 0.3) is 10.9 Å². The lowest BCUT2D eigenvalue weighted by atomic mass is 10.1. The Bertz CT molecular complexity index is 633. The number of ether oxygens (including phenoxy) is 2. The fourth-order valence-electron chi connectivity index (χ4n) is 2.10. The molecule has 0 aliphatic carbocycles. The zero-order chi connectivity index (χ0) is 15.2. The molecule has 21 heavy (non-hydrogen) atoms. The average Bonchev–Trinajstić information content (AvgIpc) is 2.50. The van der Waals surface area contributed by atoms with Gasteiger partial charge in [-0.2, -0.15) is 0 Å². The van der Waals surface area contributed by atoms with Gasteiger partial charge >= 0.3 is 5.69 Å². The van der Waals surface area contributed by atoms with E-state index in [1.54, 1.807) is 44.7 Å². The van der Waals surface area contributed by atoms with Crippen LogP contribution in [0.2, 0.25) is 0 Å². The van der Waals surface area contributed by atoms with Crippen LogP contribution in [-0.4, -0.2) is 43.4 Å². The largest absolute Gasteiger partial charge is 0.382 e. The van der Waals surface area contributed by atoms with Gasteiger partial charge in [0.25, 0.3) is 0 Å². The molecule has 1 heterocycles. The Morgan fingerprint density at radius 3 is 2.86 bits per heavy atom. The molecule has 0 amide bonds. The van der Waals surface area contributed by atoms with Crippen LogP contribution in [0, 0.1) is 10.1 Å². The van der Waals surface area contributed by atoms with Gasteiger partial charge in [-0.25, -0.2) is 0 Å². The highest BCUT2D eigenvalue weighted by Crippen LogP contribution is 2.32. The summed E-state index contributed by atoms with van der Waals surface area (Å²) >= 11 is 0. The smallest absolute Gasteiger partial charge is 0.301 e. The Morgan fingerprint density at radius 1 is 1.38 bits per heavy atom. The van der Waals surface area contributed by atoms with Gasteiger partial charge in [0.1, 0.15) is 5.69 Å². The Labute approximate surface area is 122 Å². The lowest BCUT2D eigenvalue weighted by molar-refractivity contribution is -0.382. The second kappa shape index (κ2) is 6.96. The number of nitrogens with one attached hydrogen (secondary N) is 1. The van der Waals surface area contributed by atoms with Crippen LogP contribution in [0.3, 0.4) is 0 Å². The van der Waals surface area contributed by atoms with Crippen molar-refractivity contribution in [1.82, 2.24) is 4.98 Å². The molecule has 2 rings (SSSR count). The van der Waals surface area contributed by atoms with E-state index in [-0.39, 0.29) is 11.8 Å². The third kappa shape index (κ3) is 3.45. The van der Waals surface area contributed by atoms with E-state index >= 15 is 0 Å². The average molecular weight is 291 g/mol. The molecule has 1 unspecified atom stereocenters. The highest BCUT2D eigenvalue weighted by Gasteiger charge is 2.19. The number of fused-ring (bicyclic) bond motifs is 1. The molecule has 0 fully saturated rings. The van der Waals surface area contributed by atoms with Gasteiger partial charge in [-0.3, -0.25) is 15.1 Å². The summed E-state index contributed by atoms with van der Waals surface area (Å²) in [7, 11) is 3.15. The maximum absolute atomic E-state index is 11.4. The summed E-state index contributed by atoms with van der Waals surface area (Å²) in [4.78, 5) is 15.1. The van der Waals surface area contributed by atoms with Gasteiger partial charge < -0.3 is 14.8 Å². The Kier molecular flexibility index (Phi) is 5.02. The topological polar surface area (TPSA) is 86.5 Å². The molecule has 1 N–H and O–H groups in total. The number of anilines is 1. The number of pyridine rings is 1. The summed E-state index contributed by atoms with van der Waals surface area (Å²) in [6.45, 7) is 0.823. The predicted octanol–water partition coefficient (Wildman–Crippen LogP) is 2.22. The van der Waals surface area contributed by atoms with Crippen molar-refractivity contribution in [2.45, 2.75) is 6.10 Å². The standard InChI is InChI=1S/C14H17N3O4/c1-20-9-10(21-2)8-16-13-6-5-12-11(4-3-7-15-12)14(13)17(18)19/h3-7,10,16H,8-9H2,1-2H3. The Balaban J connectivity index is 2.31. The van der Waals surface area contributed by atoms with Gasteiger partial charge in [-0.05, 0) is 24.3 Å². The van der Waals surface area contributed by atoms with Crippen LogP contribution in [0.5, 0.6) is 0 Å². The first-order chi connectivity index (χ1) is 10.2.